The molecule has 1 aliphatic rings. The van der Waals surface area contributed by atoms with Crippen molar-refractivity contribution < 1.29 is 9.26 Å². The Bertz CT molecular complexity index is 573. The molecular weight excluding hydrogens is 256 g/mol. The molecule has 1 saturated heterocycles. The largest absolute Gasteiger partial charge is 0.481 e. The number of hydrogen-bond donors (Lipinski definition) is 1. The Kier molecular flexibility index (Phi) is 3.40. The maximum atomic E-state index is 5.44. The number of nitrogens with one attached hydrogen (secondary N) is 1. The molecule has 1 fully saturated rings. The van der Waals surface area contributed by atoms with Gasteiger partial charge >= 0.3 is 0 Å². The zero-order valence-corrected chi connectivity index (χ0v) is 11.7. The molecule has 1 atom stereocenters. The molecular formula is C14H18N4O2. The van der Waals surface area contributed by atoms with E-state index >= 15 is 0 Å². The van der Waals surface area contributed by atoms with Crippen molar-refractivity contribution in [3.05, 3.63) is 24.2 Å². The summed E-state index contributed by atoms with van der Waals surface area (Å²) in [6, 6.07) is 3.66. The first-order valence-electron chi connectivity index (χ1n) is 6.81. The second-order valence-electron chi connectivity index (χ2n) is 5.23. The molecule has 6 heteroatoms. The average molecular weight is 274 g/mol. The molecule has 2 aromatic heterocycles. The number of rotatable bonds is 3. The predicted octanol–water partition coefficient (Wildman–Crippen LogP) is 2.13. The van der Waals surface area contributed by atoms with Gasteiger partial charge in [0.15, 0.2) is 0 Å². The molecule has 0 aromatic carbocycles. The molecule has 1 N–H and O–H groups in total. The van der Waals surface area contributed by atoms with Gasteiger partial charge in [0, 0.05) is 17.8 Å². The molecule has 106 valence electrons. The van der Waals surface area contributed by atoms with E-state index < -0.39 is 0 Å². The number of nitrogens with zero attached hydrogens (tertiary/aromatic N) is 3. The summed E-state index contributed by atoms with van der Waals surface area (Å²) in [6.07, 6.45) is 5.06. The number of aromatic nitrogens is 3. The molecule has 20 heavy (non-hydrogen) atoms. The van der Waals surface area contributed by atoms with Crippen LogP contribution in [0.4, 0.5) is 0 Å². The lowest BCUT2D eigenvalue weighted by atomic mass is 9.91. The zero-order valence-electron chi connectivity index (χ0n) is 11.7. The summed E-state index contributed by atoms with van der Waals surface area (Å²) in [7, 11) is 1.59. The van der Waals surface area contributed by atoms with Crippen molar-refractivity contribution >= 4 is 0 Å². The van der Waals surface area contributed by atoms with E-state index in [1.807, 2.05) is 6.07 Å². The van der Waals surface area contributed by atoms with E-state index in [-0.39, 0.29) is 5.54 Å². The van der Waals surface area contributed by atoms with E-state index in [4.69, 9.17) is 9.26 Å². The van der Waals surface area contributed by atoms with Crippen molar-refractivity contribution in [1.29, 1.82) is 0 Å². The van der Waals surface area contributed by atoms with Crippen molar-refractivity contribution in [3.8, 4) is 17.3 Å². The number of hydrogen-bond acceptors (Lipinski definition) is 6. The van der Waals surface area contributed by atoms with Crippen LogP contribution in [-0.4, -0.2) is 28.8 Å². The minimum atomic E-state index is -0.219. The Morgan fingerprint density at radius 3 is 2.90 bits per heavy atom. The van der Waals surface area contributed by atoms with Gasteiger partial charge in [0.1, 0.15) is 0 Å². The minimum absolute atomic E-state index is 0.219. The molecule has 2 aromatic rings. The number of ether oxygens (including phenoxy) is 1. The molecule has 1 aliphatic heterocycles. The van der Waals surface area contributed by atoms with Gasteiger partial charge in [-0.15, -0.1) is 0 Å². The number of piperidine rings is 1. The molecule has 3 rings (SSSR count). The fourth-order valence-electron chi connectivity index (χ4n) is 2.44. The van der Waals surface area contributed by atoms with Crippen molar-refractivity contribution in [3.63, 3.8) is 0 Å². The smallest absolute Gasteiger partial charge is 0.246 e. The number of methoxy groups -OCH3 is 1. The highest BCUT2D eigenvalue weighted by atomic mass is 16.5. The van der Waals surface area contributed by atoms with Crippen LogP contribution >= 0.6 is 0 Å². The maximum absolute atomic E-state index is 5.44. The Labute approximate surface area is 117 Å². The van der Waals surface area contributed by atoms with Crippen LogP contribution in [-0.2, 0) is 5.54 Å². The van der Waals surface area contributed by atoms with Gasteiger partial charge in [-0.3, -0.25) is 0 Å². The highest BCUT2D eigenvalue weighted by molar-refractivity contribution is 5.53. The lowest BCUT2D eigenvalue weighted by molar-refractivity contribution is 0.207. The quantitative estimate of drug-likeness (QED) is 0.924. The van der Waals surface area contributed by atoms with Gasteiger partial charge in [0.05, 0.1) is 12.6 Å². The highest BCUT2D eigenvalue weighted by Crippen LogP contribution is 2.30. The van der Waals surface area contributed by atoms with Crippen molar-refractivity contribution in [2.45, 2.75) is 31.7 Å². The summed E-state index contributed by atoms with van der Waals surface area (Å²) in [5.74, 6) is 1.77. The topological polar surface area (TPSA) is 73.1 Å². The predicted molar refractivity (Wildman–Crippen MR) is 73.3 cm³/mol. The zero-order chi connectivity index (χ0) is 14.0. The fraction of sp³-hybridized carbons (Fsp3) is 0.500. The van der Waals surface area contributed by atoms with Crippen LogP contribution in [0, 0.1) is 0 Å². The Morgan fingerprint density at radius 1 is 1.35 bits per heavy atom. The van der Waals surface area contributed by atoms with E-state index in [1.54, 1.807) is 19.4 Å². The summed E-state index contributed by atoms with van der Waals surface area (Å²) < 4.78 is 10.5. The van der Waals surface area contributed by atoms with Crippen LogP contribution in [0.15, 0.2) is 22.9 Å². The van der Waals surface area contributed by atoms with Gasteiger partial charge in [0.25, 0.3) is 0 Å². The molecule has 3 heterocycles. The Hall–Kier alpha value is -1.95. The molecule has 6 nitrogen and oxygen atoms in total. The van der Waals surface area contributed by atoms with Gasteiger partial charge in [-0.2, -0.15) is 4.98 Å². The second-order valence-corrected chi connectivity index (χ2v) is 5.23. The van der Waals surface area contributed by atoms with Crippen molar-refractivity contribution in [1.82, 2.24) is 20.4 Å². The first-order chi connectivity index (χ1) is 9.71. The van der Waals surface area contributed by atoms with Crippen LogP contribution < -0.4 is 10.1 Å². The lowest BCUT2D eigenvalue weighted by Gasteiger charge is -2.31. The second kappa shape index (κ2) is 5.20. The molecule has 0 spiro atoms. The third-order valence-corrected chi connectivity index (χ3v) is 3.72. The summed E-state index contributed by atoms with van der Waals surface area (Å²) in [5, 5.41) is 7.52. The summed E-state index contributed by atoms with van der Waals surface area (Å²) in [6.45, 7) is 3.09. The summed E-state index contributed by atoms with van der Waals surface area (Å²) >= 11 is 0. The molecule has 0 aliphatic carbocycles. The van der Waals surface area contributed by atoms with Gasteiger partial charge in [-0.1, -0.05) is 5.16 Å². The third-order valence-electron chi connectivity index (χ3n) is 3.72. The molecule has 0 radical (unpaired) electrons. The monoisotopic (exact) mass is 274 g/mol. The van der Waals surface area contributed by atoms with Crippen molar-refractivity contribution in [2.24, 2.45) is 0 Å². The SMILES string of the molecule is COc1ccc(-c2noc(C3(C)CCCCN3)n2)cn1. The van der Waals surface area contributed by atoms with Gasteiger partial charge in [-0.05, 0) is 38.8 Å². The number of pyridine rings is 1. The standard InChI is InChI=1S/C14H18N4O2/c1-14(7-3-4-8-16-14)13-17-12(18-20-13)10-5-6-11(19-2)15-9-10/h5-6,9,16H,3-4,7-8H2,1-2H3. The first kappa shape index (κ1) is 13.1. The first-order valence-corrected chi connectivity index (χ1v) is 6.81. The minimum Gasteiger partial charge on any atom is -0.481 e. The van der Waals surface area contributed by atoms with E-state index in [2.05, 4.69) is 27.4 Å². The normalized spacial score (nSPS) is 22.7. The van der Waals surface area contributed by atoms with E-state index in [0.29, 0.717) is 17.6 Å². The average Bonchev–Trinajstić information content (AvgIpc) is 2.99. The molecule has 0 amide bonds. The molecule has 1 unspecified atom stereocenters. The van der Waals surface area contributed by atoms with Crippen LogP contribution in [0.3, 0.4) is 0 Å². The molecule has 0 saturated carbocycles. The van der Waals surface area contributed by atoms with Gasteiger partial charge in [-0.25, -0.2) is 4.98 Å². The third kappa shape index (κ3) is 2.38. The summed E-state index contributed by atoms with van der Waals surface area (Å²) in [4.78, 5) is 8.66. The van der Waals surface area contributed by atoms with Gasteiger partial charge in [0.2, 0.25) is 17.6 Å². The Balaban J connectivity index is 1.85. The van der Waals surface area contributed by atoms with E-state index in [9.17, 15) is 0 Å². The van der Waals surface area contributed by atoms with Gasteiger partial charge < -0.3 is 14.6 Å². The van der Waals surface area contributed by atoms with E-state index in [0.717, 1.165) is 18.5 Å². The summed E-state index contributed by atoms with van der Waals surface area (Å²) in [5.41, 5.74) is 0.601. The fourth-order valence-corrected chi connectivity index (χ4v) is 2.44. The van der Waals surface area contributed by atoms with E-state index in [1.165, 1.54) is 12.8 Å². The Morgan fingerprint density at radius 2 is 2.25 bits per heavy atom. The lowest BCUT2D eigenvalue weighted by Crippen LogP contribution is -2.43. The maximum Gasteiger partial charge on any atom is 0.246 e. The van der Waals surface area contributed by atoms with Crippen LogP contribution in [0.1, 0.15) is 32.1 Å². The molecule has 0 bridgehead atoms. The van der Waals surface area contributed by atoms with Crippen LogP contribution in [0.5, 0.6) is 5.88 Å². The van der Waals surface area contributed by atoms with Crippen LogP contribution in [0.25, 0.3) is 11.4 Å². The van der Waals surface area contributed by atoms with Crippen LogP contribution in [0.2, 0.25) is 0 Å². The highest BCUT2D eigenvalue weighted by Gasteiger charge is 2.34. The van der Waals surface area contributed by atoms with Crippen molar-refractivity contribution in [2.75, 3.05) is 13.7 Å².